The fraction of sp³-hybridized carbons (Fsp3) is 0.296. The molecule has 3 rings (SSSR count). The van der Waals surface area contributed by atoms with Crippen LogP contribution in [0.4, 0.5) is 5.69 Å². The maximum absolute atomic E-state index is 14.0. The number of nitrogens with two attached hydrogens (primary N) is 1. The van der Waals surface area contributed by atoms with Crippen molar-refractivity contribution in [2.45, 2.75) is 43.5 Å². The van der Waals surface area contributed by atoms with Gasteiger partial charge in [-0.1, -0.05) is 44.2 Å². The number of anilines is 1. The number of nitrogen functional groups attached to an aromatic ring is 1. The Kier molecular flexibility index (Phi) is 8.19. The van der Waals surface area contributed by atoms with Crippen molar-refractivity contribution in [2.24, 2.45) is 0 Å². The van der Waals surface area contributed by atoms with Crippen molar-refractivity contribution in [3.05, 3.63) is 82.4 Å². The van der Waals surface area contributed by atoms with Crippen molar-refractivity contribution in [1.29, 1.82) is 0 Å². The van der Waals surface area contributed by atoms with Crippen LogP contribution in [0.25, 0.3) is 0 Å². The zero-order valence-electron chi connectivity index (χ0n) is 20.5. The molecule has 8 heteroatoms. The summed E-state index contributed by atoms with van der Waals surface area (Å²) in [6.45, 7) is 7.22. The van der Waals surface area contributed by atoms with Crippen LogP contribution in [-0.4, -0.2) is 44.6 Å². The van der Waals surface area contributed by atoms with Gasteiger partial charge in [-0.05, 0) is 67.4 Å². The van der Waals surface area contributed by atoms with Gasteiger partial charge in [0.15, 0.2) is 0 Å². The molecule has 3 aromatic rings. The first kappa shape index (κ1) is 26.2. The summed E-state index contributed by atoms with van der Waals surface area (Å²) in [5, 5.41) is 10.4. The number of aromatic carboxylic acids is 1. The normalized spacial score (nSPS) is 11.6. The summed E-state index contributed by atoms with van der Waals surface area (Å²) >= 11 is 0. The minimum Gasteiger partial charge on any atom is -0.497 e. The molecule has 0 bridgehead atoms. The third-order valence-electron chi connectivity index (χ3n) is 6.34. The molecule has 7 nitrogen and oxygen atoms in total. The molecule has 0 fully saturated rings. The van der Waals surface area contributed by atoms with E-state index in [4.69, 9.17) is 10.5 Å². The van der Waals surface area contributed by atoms with E-state index >= 15 is 0 Å². The summed E-state index contributed by atoms with van der Waals surface area (Å²) in [6.07, 6.45) is 0.245. The fourth-order valence-corrected chi connectivity index (χ4v) is 5.94. The van der Waals surface area contributed by atoms with Gasteiger partial charge in [0.1, 0.15) is 5.75 Å². The molecule has 0 amide bonds. The second-order valence-corrected chi connectivity index (χ2v) is 10.2. The minimum atomic E-state index is -4.23. The summed E-state index contributed by atoms with van der Waals surface area (Å²) in [5.41, 5.74) is 8.83. The molecule has 35 heavy (non-hydrogen) atoms. The number of hydrogen-bond donors (Lipinski definition) is 2. The Morgan fingerprint density at radius 1 is 1.00 bits per heavy atom. The van der Waals surface area contributed by atoms with Crippen LogP contribution in [0.5, 0.6) is 5.75 Å². The lowest BCUT2D eigenvalue weighted by Gasteiger charge is -2.26. The topological polar surface area (TPSA) is 110 Å². The molecule has 0 aliphatic carbocycles. The van der Waals surface area contributed by atoms with Crippen molar-refractivity contribution < 1.29 is 23.1 Å². The van der Waals surface area contributed by atoms with E-state index in [1.165, 1.54) is 19.2 Å². The number of ether oxygens (including phenoxy) is 1. The van der Waals surface area contributed by atoms with E-state index in [2.05, 4.69) is 0 Å². The molecule has 0 saturated carbocycles. The van der Waals surface area contributed by atoms with E-state index in [0.29, 0.717) is 41.2 Å². The lowest BCUT2D eigenvalue weighted by Crippen LogP contribution is -2.26. The molecule has 0 spiro atoms. The molecule has 0 unspecified atom stereocenters. The minimum absolute atomic E-state index is 0.0180. The lowest BCUT2D eigenvalue weighted by atomic mass is 9.91. The highest BCUT2D eigenvalue weighted by molar-refractivity contribution is 7.91. The van der Waals surface area contributed by atoms with Crippen LogP contribution < -0.4 is 10.5 Å². The van der Waals surface area contributed by atoms with Gasteiger partial charge in [-0.15, -0.1) is 0 Å². The van der Waals surface area contributed by atoms with Gasteiger partial charge in [-0.3, -0.25) is 4.90 Å². The zero-order valence-corrected chi connectivity index (χ0v) is 21.4. The summed E-state index contributed by atoms with van der Waals surface area (Å²) in [6, 6.07) is 15.3. The largest absolute Gasteiger partial charge is 0.497 e. The Hall–Kier alpha value is -3.36. The molecule has 3 N–H and O–H groups in total. The van der Waals surface area contributed by atoms with Crippen molar-refractivity contribution in [3.8, 4) is 5.75 Å². The van der Waals surface area contributed by atoms with Crippen LogP contribution in [0.3, 0.4) is 0 Å². The summed E-state index contributed by atoms with van der Waals surface area (Å²) < 4.78 is 33.2. The molecule has 0 radical (unpaired) electrons. The number of hydrogen-bond acceptors (Lipinski definition) is 6. The van der Waals surface area contributed by atoms with Crippen molar-refractivity contribution >= 4 is 21.5 Å². The van der Waals surface area contributed by atoms with Gasteiger partial charge in [-0.25, -0.2) is 13.2 Å². The second kappa shape index (κ2) is 10.9. The first-order chi connectivity index (χ1) is 16.6. The van der Waals surface area contributed by atoms with Crippen LogP contribution in [0.1, 0.15) is 46.5 Å². The molecular formula is C27H32N2O5S. The molecule has 3 aromatic carbocycles. The van der Waals surface area contributed by atoms with Gasteiger partial charge in [0.2, 0.25) is 9.84 Å². The number of rotatable bonds is 10. The monoisotopic (exact) mass is 496 g/mol. The van der Waals surface area contributed by atoms with Crippen molar-refractivity contribution in [3.63, 3.8) is 0 Å². The van der Waals surface area contributed by atoms with E-state index in [9.17, 15) is 18.3 Å². The highest BCUT2D eigenvalue weighted by Gasteiger charge is 2.34. The van der Waals surface area contributed by atoms with Crippen molar-refractivity contribution in [2.75, 3.05) is 25.9 Å². The Morgan fingerprint density at radius 2 is 1.60 bits per heavy atom. The quantitative estimate of drug-likeness (QED) is 0.396. The highest BCUT2D eigenvalue weighted by Crippen LogP contribution is 2.38. The van der Waals surface area contributed by atoms with Gasteiger partial charge in [-0.2, -0.15) is 0 Å². The van der Waals surface area contributed by atoms with E-state index in [1.807, 2.05) is 49.1 Å². The van der Waals surface area contributed by atoms with Crippen LogP contribution in [0.2, 0.25) is 0 Å². The maximum Gasteiger partial charge on any atom is 0.337 e. The Morgan fingerprint density at radius 3 is 2.11 bits per heavy atom. The standard InChI is InChI=1S/C27H32N2O5S/c1-5-29(6-2)17-23-25(28)18(3)22(16-19-10-8-7-9-11-19)24(27(30)31)26(23)35(32,33)21-14-12-20(34-4)13-15-21/h7-15H,5-6,16-17,28H2,1-4H3,(H,30,31). The molecule has 0 saturated heterocycles. The van der Waals surface area contributed by atoms with E-state index < -0.39 is 15.8 Å². The first-order valence-electron chi connectivity index (χ1n) is 11.5. The Bertz CT molecular complexity index is 1300. The van der Waals surface area contributed by atoms with Gasteiger partial charge >= 0.3 is 5.97 Å². The average molecular weight is 497 g/mol. The highest BCUT2D eigenvalue weighted by atomic mass is 32.2. The van der Waals surface area contributed by atoms with E-state index in [-0.39, 0.29) is 28.3 Å². The number of nitrogens with zero attached hydrogens (tertiary/aromatic N) is 1. The number of benzene rings is 3. The van der Waals surface area contributed by atoms with E-state index in [0.717, 1.165) is 5.56 Å². The molecule has 0 aliphatic rings. The number of methoxy groups -OCH3 is 1. The SMILES string of the molecule is CCN(CC)Cc1c(N)c(C)c(Cc2ccccc2)c(C(=O)O)c1S(=O)(=O)c1ccc(OC)cc1. The summed E-state index contributed by atoms with van der Waals surface area (Å²) in [5.74, 6) is -0.800. The number of carbonyl (C=O) groups is 1. The lowest BCUT2D eigenvalue weighted by molar-refractivity contribution is 0.0691. The molecular weight excluding hydrogens is 464 g/mol. The predicted octanol–water partition coefficient (Wildman–Crippen LogP) is 4.55. The Balaban J connectivity index is 2.39. The van der Waals surface area contributed by atoms with Crippen LogP contribution >= 0.6 is 0 Å². The van der Waals surface area contributed by atoms with Gasteiger partial charge < -0.3 is 15.6 Å². The smallest absolute Gasteiger partial charge is 0.337 e. The third kappa shape index (κ3) is 5.33. The molecule has 0 heterocycles. The van der Waals surface area contributed by atoms with Crippen LogP contribution in [0.15, 0.2) is 64.4 Å². The van der Waals surface area contributed by atoms with Gasteiger partial charge in [0.05, 0.1) is 22.5 Å². The maximum atomic E-state index is 14.0. The van der Waals surface area contributed by atoms with Crippen molar-refractivity contribution in [1.82, 2.24) is 4.90 Å². The van der Waals surface area contributed by atoms with Gasteiger partial charge in [0.25, 0.3) is 0 Å². The first-order valence-corrected chi connectivity index (χ1v) is 13.0. The van der Waals surface area contributed by atoms with Gasteiger partial charge in [0, 0.05) is 17.8 Å². The summed E-state index contributed by atoms with van der Waals surface area (Å²) in [4.78, 5) is 14.5. The average Bonchev–Trinajstić information content (AvgIpc) is 2.86. The Labute approximate surface area is 207 Å². The fourth-order valence-electron chi connectivity index (χ4n) is 4.23. The molecule has 0 aliphatic heterocycles. The third-order valence-corrected chi connectivity index (χ3v) is 8.22. The number of carboxylic acid groups (broad SMARTS) is 1. The van der Waals surface area contributed by atoms with Crippen LogP contribution in [-0.2, 0) is 22.8 Å². The second-order valence-electron chi connectivity index (χ2n) is 8.31. The van der Waals surface area contributed by atoms with Crippen LogP contribution in [0, 0.1) is 6.92 Å². The number of carboxylic acids is 1. The predicted molar refractivity (Wildman–Crippen MR) is 137 cm³/mol. The molecule has 0 atom stereocenters. The summed E-state index contributed by atoms with van der Waals surface area (Å²) in [7, 11) is -2.74. The zero-order chi connectivity index (χ0) is 25.8. The molecule has 0 aromatic heterocycles. The van der Waals surface area contributed by atoms with E-state index in [1.54, 1.807) is 19.1 Å². The molecule has 186 valence electrons. The number of sulfone groups is 1.